The zero-order valence-corrected chi connectivity index (χ0v) is 21.6. The van der Waals surface area contributed by atoms with Gasteiger partial charge < -0.3 is 5.32 Å². The highest BCUT2D eigenvalue weighted by atomic mass is 35.5. The number of aromatic nitrogens is 6. The minimum absolute atomic E-state index is 0.0760. The maximum Gasteiger partial charge on any atom is 0.275 e. The maximum absolute atomic E-state index is 14.5. The third kappa shape index (κ3) is 4.66. The number of nitrogens with zero attached hydrogens (tertiary/aromatic N) is 7. The van der Waals surface area contributed by atoms with E-state index in [1.54, 1.807) is 28.2 Å². The fourth-order valence-corrected chi connectivity index (χ4v) is 4.84. The fourth-order valence-electron chi connectivity index (χ4n) is 4.69. The number of halogens is 4. The van der Waals surface area contributed by atoms with Gasteiger partial charge in [-0.1, -0.05) is 17.7 Å². The average molecular weight is 569 g/mol. The minimum Gasteiger partial charge on any atom is -0.318 e. The topological polar surface area (TPSA) is 119 Å². The van der Waals surface area contributed by atoms with Gasteiger partial charge in [-0.25, -0.2) is 28.1 Å². The molecule has 2 fully saturated rings. The molecule has 1 saturated heterocycles. The number of amides is 2. The summed E-state index contributed by atoms with van der Waals surface area (Å²) in [5.74, 6) is -0.681. The van der Waals surface area contributed by atoms with Crippen LogP contribution in [-0.2, 0) is 4.79 Å². The molecule has 2 amide bonds. The Bertz CT molecular complexity index is 1610. The normalized spacial score (nSPS) is 18.6. The lowest BCUT2D eigenvalue weighted by Crippen LogP contribution is -2.29. The molecule has 2 aliphatic rings. The van der Waals surface area contributed by atoms with Crippen LogP contribution >= 0.6 is 11.6 Å². The highest BCUT2D eigenvalue weighted by Crippen LogP contribution is 2.46. The highest BCUT2D eigenvalue weighted by molar-refractivity contribution is 6.31. The lowest BCUT2D eigenvalue weighted by molar-refractivity contribution is -0.118. The molecule has 0 spiro atoms. The van der Waals surface area contributed by atoms with Gasteiger partial charge in [0.25, 0.3) is 12.3 Å². The maximum atomic E-state index is 14.5. The number of anilines is 2. The molecule has 0 bridgehead atoms. The molecular weight excluding hydrogens is 549 g/mol. The summed E-state index contributed by atoms with van der Waals surface area (Å²) >= 11 is 5.76. The molecule has 1 aliphatic carbocycles. The lowest BCUT2D eigenvalue weighted by atomic mass is 10.0. The Morgan fingerprint density at radius 1 is 1.10 bits per heavy atom. The molecule has 3 aromatic heterocycles. The number of alkyl halides is 2. The van der Waals surface area contributed by atoms with E-state index in [1.807, 2.05) is 6.92 Å². The molecular formula is C26H20ClF3N8O2. The van der Waals surface area contributed by atoms with Gasteiger partial charge in [0, 0.05) is 47.7 Å². The highest BCUT2D eigenvalue weighted by Gasteiger charge is 2.53. The summed E-state index contributed by atoms with van der Waals surface area (Å²) < 4.78 is 42.9. The molecule has 1 aliphatic heterocycles. The van der Waals surface area contributed by atoms with Gasteiger partial charge in [0.2, 0.25) is 11.9 Å². The van der Waals surface area contributed by atoms with Gasteiger partial charge in [-0.2, -0.15) is 5.10 Å². The first kappa shape index (κ1) is 25.9. The second-order valence-corrected chi connectivity index (χ2v) is 10.0. The van der Waals surface area contributed by atoms with E-state index in [-0.39, 0.29) is 34.3 Å². The molecule has 4 heterocycles. The molecule has 4 aromatic rings. The van der Waals surface area contributed by atoms with Gasteiger partial charge >= 0.3 is 0 Å². The Labute approximate surface area is 230 Å². The van der Waals surface area contributed by atoms with E-state index >= 15 is 0 Å². The number of rotatable bonds is 7. The third-order valence-corrected chi connectivity index (χ3v) is 7.36. The number of hydrogen-bond acceptors (Lipinski definition) is 7. The monoisotopic (exact) mass is 568 g/mol. The second kappa shape index (κ2) is 9.97. The first-order valence-corrected chi connectivity index (χ1v) is 12.7. The van der Waals surface area contributed by atoms with Crippen LogP contribution in [0.1, 0.15) is 47.4 Å². The van der Waals surface area contributed by atoms with Crippen LogP contribution in [0, 0.1) is 17.7 Å². The summed E-state index contributed by atoms with van der Waals surface area (Å²) in [6.07, 6.45) is 6.40. The van der Waals surface area contributed by atoms with Gasteiger partial charge in [-0.15, -0.1) is 0 Å². The SMILES string of the molecule is C[C@@H](c1cnc(N2C[C@H]3C[C@H]3C2=O)nc1)n1cc(NC(=O)c2cnc(-c3c(C(F)F)ccc(Cl)c3F)cn2)cn1. The van der Waals surface area contributed by atoms with Crippen molar-refractivity contribution in [1.29, 1.82) is 0 Å². The van der Waals surface area contributed by atoms with Crippen LogP contribution in [0.5, 0.6) is 0 Å². The zero-order valence-electron chi connectivity index (χ0n) is 20.8. The summed E-state index contributed by atoms with van der Waals surface area (Å²) in [5.41, 5.74) is -0.257. The smallest absolute Gasteiger partial charge is 0.275 e. The van der Waals surface area contributed by atoms with Crippen molar-refractivity contribution in [3.63, 3.8) is 0 Å². The molecule has 40 heavy (non-hydrogen) atoms. The van der Waals surface area contributed by atoms with Crippen molar-refractivity contribution < 1.29 is 22.8 Å². The van der Waals surface area contributed by atoms with Crippen LogP contribution in [0.4, 0.5) is 24.8 Å². The van der Waals surface area contributed by atoms with Crippen molar-refractivity contribution in [2.75, 3.05) is 16.8 Å². The molecule has 3 atom stereocenters. The number of hydrogen-bond donors (Lipinski definition) is 1. The Balaban J connectivity index is 1.13. The Kier molecular flexibility index (Phi) is 6.45. The van der Waals surface area contributed by atoms with E-state index in [4.69, 9.17) is 11.6 Å². The van der Waals surface area contributed by atoms with Crippen molar-refractivity contribution >= 4 is 35.1 Å². The van der Waals surface area contributed by atoms with Crippen molar-refractivity contribution in [2.24, 2.45) is 11.8 Å². The number of benzene rings is 1. The molecule has 10 nitrogen and oxygen atoms in total. The van der Waals surface area contributed by atoms with Crippen molar-refractivity contribution in [1.82, 2.24) is 29.7 Å². The Morgan fingerprint density at radius 2 is 1.88 bits per heavy atom. The van der Waals surface area contributed by atoms with E-state index in [0.29, 0.717) is 24.1 Å². The van der Waals surface area contributed by atoms with Crippen LogP contribution in [0.2, 0.25) is 5.02 Å². The van der Waals surface area contributed by atoms with Crippen molar-refractivity contribution in [3.8, 4) is 11.3 Å². The molecule has 0 radical (unpaired) electrons. The molecule has 204 valence electrons. The summed E-state index contributed by atoms with van der Waals surface area (Å²) in [4.78, 5) is 43.2. The quantitative estimate of drug-likeness (QED) is 0.343. The van der Waals surface area contributed by atoms with Gasteiger partial charge in [-0.3, -0.25) is 24.2 Å². The summed E-state index contributed by atoms with van der Waals surface area (Å²) in [6, 6.07) is 1.78. The Morgan fingerprint density at radius 3 is 2.52 bits per heavy atom. The Hall–Kier alpha value is -4.39. The average Bonchev–Trinajstić information content (AvgIpc) is 3.46. The van der Waals surface area contributed by atoms with Crippen molar-refractivity contribution in [3.05, 3.63) is 77.0 Å². The predicted octanol–water partition coefficient (Wildman–Crippen LogP) is 4.70. The summed E-state index contributed by atoms with van der Waals surface area (Å²) in [6.45, 7) is 2.53. The first-order chi connectivity index (χ1) is 19.2. The molecule has 1 N–H and O–H groups in total. The standard InChI is InChI=1S/C26H20ClF3N8O2/c1-12(14-5-33-26(34-6-14)37-10-13-4-17(13)25(37)40)38-11-15(7-35-38)36-24(39)20-9-31-19(8-32-20)21-16(23(29)30)2-3-18(27)22(21)28/h2-3,5-9,11-13,17,23H,4,10H2,1H3,(H,36,39)/t12-,13+,17+/m0/s1. The molecule has 14 heteroatoms. The van der Waals surface area contributed by atoms with Crippen LogP contribution in [-0.4, -0.2) is 48.1 Å². The predicted molar refractivity (Wildman–Crippen MR) is 137 cm³/mol. The van der Waals surface area contributed by atoms with Crippen LogP contribution in [0.3, 0.4) is 0 Å². The van der Waals surface area contributed by atoms with Crippen molar-refractivity contribution in [2.45, 2.75) is 25.8 Å². The third-order valence-electron chi connectivity index (χ3n) is 7.06. The lowest BCUT2D eigenvalue weighted by Gasteiger charge is -2.17. The largest absolute Gasteiger partial charge is 0.318 e. The van der Waals surface area contributed by atoms with E-state index in [2.05, 4.69) is 30.4 Å². The van der Waals surface area contributed by atoms with Gasteiger partial charge in [0.05, 0.1) is 41.0 Å². The summed E-state index contributed by atoms with van der Waals surface area (Å²) in [5, 5.41) is 6.59. The molecule has 6 rings (SSSR count). The van der Waals surface area contributed by atoms with Gasteiger partial charge in [0.15, 0.2) is 5.82 Å². The second-order valence-electron chi connectivity index (χ2n) is 9.62. The van der Waals surface area contributed by atoms with Crippen LogP contribution < -0.4 is 10.2 Å². The number of piperidine rings is 1. The van der Waals surface area contributed by atoms with Gasteiger partial charge in [0.1, 0.15) is 5.69 Å². The number of carbonyl (C=O) groups excluding carboxylic acids is 2. The zero-order chi connectivity index (χ0) is 28.1. The van der Waals surface area contributed by atoms with E-state index in [1.165, 1.54) is 6.20 Å². The number of carbonyl (C=O) groups is 2. The molecule has 1 saturated carbocycles. The fraction of sp³-hybridized carbons (Fsp3) is 0.269. The molecule has 1 aromatic carbocycles. The van der Waals surface area contributed by atoms with E-state index in [9.17, 15) is 22.8 Å². The van der Waals surface area contributed by atoms with E-state index in [0.717, 1.165) is 36.5 Å². The van der Waals surface area contributed by atoms with Gasteiger partial charge in [-0.05, 0) is 25.3 Å². The first-order valence-electron chi connectivity index (χ1n) is 12.3. The number of fused-ring (bicyclic) bond motifs is 1. The summed E-state index contributed by atoms with van der Waals surface area (Å²) in [7, 11) is 0. The minimum atomic E-state index is -2.96. The molecule has 0 unspecified atom stereocenters. The van der Waals surface area contributed by atoms with Crippen LogP contribution in [0.15, 0.2) is 49.3 Å². The number of nitrogens with one attached hydrogen (secondary N) is 1. The van der Waals surface area contributed by atoms with Crippen LogP contribution in [0.25, 0.3) is 11.3 Å². The van der Waals surface area contributed by atoms with E-state index < -0.39 is 29.3 Å².